The fraction of sp³-hybridized carbons (Fsp3) is 0.222. The Bertz CT molecular complexity index is 737. The molecule has 0 fully saturated rings. The Labute approximate surface area is 156 Å². The van der Waals surface area contributed by atoms with Crippen LogP contribution in [0.4, 0.5) is 5.69 Å². The maximum Gasteiger partial charge on any atom is 0.243 e. The van der Waals surface area contributed by atoms with Crippen molar-refractivity contribution in [2.45, 2.75) is 4.90 Å². The summed E-state index contributed by atoms with van der Waals surface area (Å²) >= 11 is 7.23. The van der Waals surface area contributed by atoms with E-state index in [0.29, 0.717) is 16.5 Å². The molecule has 0 aliphatic rings. The molecule has 0 atom stereocenters. The van der Waals surface area contributed by atoms with E-state index in [1.54, 1.807) is 50.6 Å². The van der Waals surface area contributed by atoms with Crippen LogP contribution in [0.3, 0.4) is 0 Å². The summed E-state index contributed by atoms with van der Waals surface area (Å²) < 4.78 is 5.11. The van der Waals surface area contributed by atoms with E-state index in [2.05, 4.69) is 5.32 Å². The number of hydrogen-bond acceptors (Lipinski definition) is 4. The van der Waals surface area contributed by atoms with Crippen LogP contribution >= 0.6 is 23.4 Å². The number of methoxy groups -OCH3 is 1. The van der Waals surface area contributed by atoms with Crippen LogP contribution in [0.1, 0.15) is 0 Å². The minimum atomic E-state index is -0.263. The molecule has 2 amide bonds. The fourth-order valence-electron chi connectivity index (χ4n) is 1.99. The Morgan fingerprint density at radius 1 is 1.20 bits per heavy atom. The quantitative estimate of drug-likeness (QED) is 0.749. The monoisotopic (exact) mass is 378 g/mol. The zero-order valence-corrected chi connectivity index (χ0v) is 15.6. The number of nitrogens with one attached hydrogen (secondary N) is 1. The predicted molar refractivity (Wildman–Crippen MR) is 101 cm³/mol. The van der Waals surface area contributed by atoms with Crippen molar-refractivity contribution in [3.63, 3.8) is 0 Å². The smallest absolute Gasteiger partial charge is 0.243 e. The molecule has 0 saturated heterocycles. The number of ether oxygens (including phenoxy) is 1. The van der Waals surface area contributed by atoms with Gasteiger partial charge in [-0.3, -0.25) is 9.59 Å². The van der Waals surface area contributed by atoms with Crippen molar-refractivity contribution in [1.82, 2.24) is 4.90 Å². The molecular formula is C18H19ClN2O3S. The normalized spacial score (nSPS) is 10.2. The first-order chi connectivity index (χ1) is 12.0. The van der Waals surface area contributed by atoms with E-state index in [1.807, 2.05) is 12.1 Å². The van der Waals surface area contributed by atoms with Gasteiger partial charge in [0.05, 0.1) is 19.4 Å². The second kappa shape index (κ2) is 9.34. The Balaban J connectivity index is 1.81. The van der Waals surface area contributed by atoms with Gasteiger partial charge in [0.2, 0.25) is 11.8 Å². The summed E-state index contributed by atoms with van der Waals surface area (Å²) in [6, 6.07) is 14.3. The number of halogens is 1. The van der Waals surface area contributed by atoms with Gasteiger partial charge in [-0.25, -0.2) is 0 Å². The lowest BCUT2D eigenvalue weighted by Crippen LogP contribution is -2.35. The third-order valence-corrected chi connectivity index (χ3v) is 4.58. The van der Waals surface area contributed by atoms with Crippen LogP contribution in [-0.4, -0.2) is 43.2 Å². The summed E-state index contributed by atoms with van der Waals surface area (Å²) in [7, 11) is 3.17. The van der Waals surface area contributed by atoms with E-state index in [9.17, 15) is 9.59 Å². The number of nitrogens with zero attached hydrogens (tertiary/aromatic N) is 1. The zero-order valence-electron chi connectivity index (χ0n) is 14.0. The van der Waals surface area contributed by atoms with Crippen molar-refractivity contribution < 1.29 is 14.3 Å². The van der Waals surface area contributed by atoms with Crippen molar-refractivity contribution in [2.75, 3.05) is 31.8 Å². The third-order valence-electron chi connectivity index (χ3n) is 3.34. The van der Waals surface area contributed by atoms with E-state index >= 15 is 0 Å². The molecule has 1 N–H and O–H groups in total. The molecule has 25 heavy (non-hydrogen) atoms. The lowest BCUT2D eigenvalue weighted by Gasteiger charge is -2.17. The fourth-order valence-corrected chi connectivity index (χ4v) is 2.96. The topological polar surface area (TPSA) is 58.6 Å². The number of rotatable bonds is 7. The van der Waals surface area contributed by atoms with Crippen LogP contribution in [-0.2, 0) is 9.59 Å². The molecule has 2 aromatic rings. The van der Waals surface area contributed by atoms with E-state index in [-0.39, 0.29) is 24.1 Å². The second-order valence-corrected chi connectivity index (χ2v) is 6.76. The highest BCUT2D eigenvalue weighted by Crippen LogP contribution is 2.20. The van der Waals surface area contributed by atoms with Crippen LogP contribution in [0.2, 0.25) is 5.02 Å². The first-order valence-electron chi connectivity index (χ1n) is 7.54. The maximum atomic E-state index is 12.2. The van der Waals surface area contributed by atoms with Crippen LogP contribution < -0.4 is 10.1 Å². The number of anilines is 1. The van der Waals surface area contributed by atoms with E-state index < -0.39 is 0 Å². The summed E-state index contributed by atoms with van der Waals surface area (Å²) in [5.41, 5.74) is 0.626. The van der Waals surface area contributed by atoms with Gasteiger partial charge in [0.25, 0.3) is 0 Å². The second-order valence-electron chi connectivity index (χ2n) is 5.27. The molecule has 0 aromatic heterocycles. The number of carbonyl (C=O) groups excluding carboxylic acids is 2. The van der Waals surface area contributed by atoms with E-state index in [0.717, 1.165) is 4.90 Å². The molecule has 0 spiro atoms. The first kappa shape index (κ1) is 19.1. The predicted octanol–water partition coefficient (Wildman–Crippen LogP) is 3.54. The standard InChI is InChI=1S/C18H19ClN2O3S/c1-21(18(23)12-25-16-8-6-13(19)7-9-16)11-17(22)20-14-4-3-5-15(10-14)24-2/h3-10H,11-12H2,1-2H3,(H,20,22). The molecule has 0 unspecified atom stereocenters. The number of benzene rings is 2. The van der Waals surface area contributed by atoms with Gasteiger partial charge < -0.3 is 15.0 Å². The summed E-state index contributed by atoms with van der Waals surface area (Å²) in [6.45, 7) is -0.0166. The highest BCUT2D eigenvalue weighted by Gasteiger charge is 2.13. The van der Waals surface area contributed by atoms with Gasteiger partial charge in [0.15, 0.2) is 0 Å². The van der Waals surface area contributed by atoms with Gasteiger partial charge >= 0.3 is 0 Å². The lowest BCUT2D eigenvalue weighted by molar-refractivity contribution is -0.131. The lowest BCUT2D eigenvalue weighted by atomic mass is 10.3. The molecule has 0 saturated carbocycles. The van der Waals surface area contributed by atoms with Gasteiger partial charge in [0.1, 0.15) is 5.75 Å². The maximum absolute atomic E-state index is 12.2. The molecule has 7 heteroatoms. The molecule has 5 nitrogen and oxygen atoms in total. The molecule has 0 heterocycles. The molecular weight excluding hydrogens is 360 g/mol. The van der Waals surface area contributed by atoms with Crippen LogP contribution in [0.5, 0.6) is 5.75 Å². The van der Waals surface area contributed by atoms with Gasteiger partial charge in [-0.2, -0.15) is 0 Å². The SMILES string of the molecule is COc1cccc(NC(=O)CN(C)C(=O)CSc2ccc(Cl)cc2)c1. The number of thioether (sulfide) groups is 1. The van der Waals surface area contributed by atoms with Crippen LogP contribution in [0, 0.1) is 0 Å². The largest absolute Gasteiger partial charge is 0.497 e. The van der Waals surface area contributed by atoms with Gasteiger partial charge in [-0.1, -0.05) is 17.7 Å². The first-order valence-corrected chi connectivity index (χ1v) is 8.90. The third kappa shape index (κ3) is 6.32. The summed E-state index contributed by atoms with van der Waals surface area (Å²) in [5.74, 6) is 0.521. The molecule has 2 rings (SSSR count). The minimum absolute atomic E-state index is 0.0166. The average molecular weight is 379 g/mol. The molecule has 0 radical (unpaired) electrons. The van der Waals surface area contributed by atoms with Gasteiger partial charge in [-0.05, 0) is 36.4 Å². The molecule has 0 aliphatic heterocycles. The molecule has 0 bridgehead atoms. The molecule has 2 aromatic carbocycles. The van der Waals surface area contributed by atoms with Gasteiger partial charge in [-0.15, -0.1) is 11.8 Å². The van der Waals surface area contributed by atoms with Crippen molar-refractivity contribution in [1.29, 1.82) is 0 Å². The van der Waals surface area contributed by atoms with E-state index in [1.165, 1.54) is 16.7 Å². The van der Waals surface area contributed by atoms with Crippen molar-refractivity contribution >= 4 is 40.9 Å². The van der Waals surface area contributed by atoms with Crippen molar-refractivity contribution in [3.05, 3.63) is 53.6 Å². The van der Waals surface area contributed by atoms with E-state index in [4.69, 9.17) is 16.3 Å². The molecule has 0 aliphatic carbocycles. The number of carbonyl (C=O) groups is 2. The molecule has 132 valence electrons. The Morgan fingerprint density at radius 2 is 1.92 bits per heavy atom. The zero-order chi connectivity index (χ0) is 18.2. The highest BCUT2D eigenvalue weighted by atomic mass is 35.5. The number of likely N-dealkylation sites (N-methyl/N-ethyl adjacent to an activating group) is 1. The summed E-state index contributed by atoms with van der Waals surface area (Å²) in [5, 5.41) is 3.40. The Kier molecular flexibility index (Phi) is 7.16. The Hall–Kier alpha value is -2.18. The summed E-state index contributed by atoms with van der Waals surface area (Å²) in [6.07, 6.45) is 0. The highest BCUT2D eigenvalue weighted by molar-refractivity contribution is 8.00. The minimum Gasteiger partial charge on any atom is -0.497 e. The average Bonchev–Trinajstić information content (AvgIpc) is 2.61. The number of amides is 2. The van der Waals surface area contributed by atoms with Crippen LogP contribution in [0.25, 0.3) is 0 Å². The van der Waals surface area contributed by atoms with Crippen LogP contribution in [0.15, 0.2) is 53.4 Å². The Morgan fingerprint density at radius 3 is 2.60 bits per heavy atom. The van der Waals surface area contributed by atoms with Crippen molar-refractivity contribution in [2.24, 2.45) is 0 Å². The summed E-state index contributed by atoms with van der Waals surface area (Å²) in [4.78, 5) is 26.6. The van der Waals surface area contributed by atoms with Crippen molar-refractivity contribution in [3.8, 4) is 5.75 Å². The number of hydrogen-bond donors (Lipinski definition) is 1. The van der Waals surface area contributed by atoms with Gasteiger partial charge in [0, 0.05) is 28.7 Å².